The third kappa shape index (κ3) is 3.05. The van der Waals surface area contributed by atoms with Crippen molar-refractivity contribution in [1.29, 1.82) is 0 Å². The Labute approximate surface area is 125 Å². The predicted octanol–water partition coefficient (Wildman–Crippen LogP) is 4.37. The minimum atomic E-state index is 0.497. The van der Waals surface area contributed by atoms with Gasteiger partial charge in [-0.05, 0) is 49.2 Å². The molecule has 1 aromatic heterocycles. The normalized spacial score (nSPS) is 18.4. The monoisotopic (exact) mass is 289 g/mol. The summed E-state index contributed by atoms with van der Waals surface area (Å²) in [5.41, 5.74) is 0. The van der Waals surface area contributed by atoms with E-state index in [9.17, 15) is 0 Å². The molecule has 1 aromatic carbocycles. The Kier molecular flexibility index (Phi) is 4.71. The lowest BCUT2D eigenvalue weighted by Crippen LogP contribution is -2.32. The molecule has 0 amide bonds. The summed E-state index contributed by atoms with van der Waals surface area (Å²) < 4.78 is 6.93. The van der Waals surface area contributed by atoms with Gasteiger partial charge >= 0.3 is 0 Å². The van der Waals surface area contributed by atoms with Gasteiger partial charge in [-0.15, -0.1) is 11.3 Å². The molecule has 0 spiro atoms. The summed E-state index contributed by atoms with van der Waals surface area (Å²) in [7, 11) is 0. The molecule has 1 unspecified atom stereocenters. The van der Waals surface area contributed by atoms with E-state index in [0.29, 0.717) is 12.0 Å². The maximum absolute atomic E-state index is 5.52. The number of fused-ring (bicyclic) bond motifs is 1. The van der Waals surface area contributed by atoms with Gasteiger partial charge < -0.3 is 10.1 Å². The first-order valence-corrected chi connectivity index (χ1v) is 8.49. The molecule has 2 aromatic rings. The van der Waals surface area contributed by atoms with Crippen molar-refractivity contribution < 1.29 is 4.74 Å². The average Bonchev–Trinajstić information content (AvgIpc) is 2.92. The van der Waals surface area contributed by atoms with Crippen molar-refractivity contribution in [2.75, 3.05) is 19.8 Å². The Bertz CT molecular complexity index is 512. The quantitative estimate of drug-likeness (QED) is 0.882. The summed E-state index contributed by atoms with van der Waals surface area (Å²) in [5, 5.41) is 5.15. The first kappa shape index (κ1) is 14.1. The molecular formula is C17H23NOS. The molecule has 1 saturated heterocycles. The molecule has 0 radical (unpaired) electrons. The Morgan fingerprint density at radius 2 is 2.10 bits per heavy atom. The number of hydrogen-bond donors (Lipinski definition) is 1. The summed E-state index contributed by atoms with van der Waals surface area (Å²) in [4.78, 5) is 1.49. The average molecular weight is 289 g/mol. The van der Waals surface area contributed by atoms with Gasteiger partial charge in [0.15, 0.2) is 0 Å². The van der Waals surface area contributed by atoms with E-state index in [1.165, 1.54) is 34.2 Å². The van der Waals surface area contributed by atoms with Gasteiger partial charge in [0.05, 0.1) is 0 Å². The van der Waals surface area contributed by atoms with Crippen LogP contribution in [0.1, 0.15) is 37.1 Å². The summed E-state index contributed by atoms with van der Waals surface area (Å²) in [6.45, 7) is 5.16. The van der Waals surface area contributed by atoms with Crippen LogP contribution in [0.25, 0.3) is 10.1 Å². The number of thiophene rings is 1. The highest BCUT2D eigenvalue weighted by atomic mass is 32.1. The molecule has 1 N–H and O–H groups in total. The van der Waals surface area contributed by atoms with E-state index in [4.69, 9.17) is 4.74 Å². The smallest absolute Gasteiger partial charge is 0.0469 e. The van der Waals surface area contributed by atoms with Gasteiger partial charge in [-0.2, -0.15) is 0 Å². The Morgan fingerprint density at radius 1 is 1.30 bits per heavy atom. The predicted molar refractivity (Wildman–Crippen MR) is 86.4 cm³/mol. The van der Waals surface area contributed by atoms with Gasteiger partial charge in [0.25, 0.3) is 0 Å². The van der Waals surface area contributed by atoms with Crippen LogP contribution in [-0.2, 0) is 4.74 Å². The lowest BCUT2D eigenvalue weighted by Gasteiger charge is -2.30. The molecule has 1 aliphatic heterocycles. The molecule has 1 aliphatic rings. The van der Waals surface area contributed by atoms with E-state index in [0.717, 1.165) is 19.8 Å². The molecule has 3 rings (SSSR count). The molecular weight excluding hydrogens is 266 g/mol. The fraction of sp³-hybridized carbons (Fsp3) is 0.529. The summed E-state index contributed by atoms with van der Waals surface area (Å²) in [6.07, 6.45) is 3.54. The van der Waals surface area contributed by atoms with Crippen LogP contribution in [0, 0.1) is 5.92 Å². The van der Waals surface area contributed by atoms with Crippen molar-refractivity contribution in [2.45, 2.75) is 32.2 Å². The van der Waals surface area contributed by atoms with Crippen LogP contribution < -0.4 is 5.32 Å². The maximum atomic E-state index is 5.52. The van der Waals surface area contributed by atoms with Gasteiger partial charge in [-0.3, -0.25) is 0 Å². The minimum Gasteiger partial charge on any atom is -0.381 e. The number of rotatable bonds is 5. The van der Waals surface area contributed by atoms with Crippen molar-refractivity contribution in [3.05, 3.63) is 35.2 Å². The third-order valence-corrected chi connectivity index (χ3v) is 5.30. The molecule has 0 bridgehead atoms. The molecule has 2 nitrogen and oxygen atoms in total. The molecule has 1 atom stereocenters. The Morgan fingerprint density at radius 3 is 2.85 bits per heavy atom. The molecule has 1 fully saturated rings. The van der Waals surface area contributed by atoms with E-state index in [1.54, 1.807) is 0 Å². The molecule has 0 saturated carbocycles. The summed E-state index contributed by atoms with van der Waals surface area (Å²) in [6, 6.07) is 11.6. The fourth-order valence-electron chi connectivity index (χ4n) is 3.00. The zero-order chi connectivity index (χ0) is 13.8. The highest BCUT2D eigenvalue weighted by molar-refractivity contribution is 7.19. The zero-order valence-electron chi connectivity index (χ0n) is 12.1. The third-order valence-electron chi connectivity index (χ3n) is 4.10. The first-order chi connectivity index (χ1) is 9.88. The van der Waals surface area contributed by atoms with E-state index in [-0.39, 0.29) is 0 Å². The fourth-order valence-corrected chi connectivity index (χ4v) is 4.24. The number of benzene rings is 1. The van der Waals surface area contributed by atoms with Gasteiger partial charge in [-0.1, -0.05) is 25.1 Å². The van der Waals surface area contributed by atoms with Crippen LogP contribution in [0.4, 0.5) is 0 Å². The SMILES string of the molecule is CCCNC(c1cc2ccccc2s1)C1CCOCC1. The molecule has 108 valence electrons. The minimum absolute atomic E-state index is 0.497. The molecule has 2 heterocycles. The lowest BCUT2D eigenvalue weighted by molar-refractivity contribution is 0.0541. The van der Waals surface area contributed by atoms with Crippen molar-refractivity contribution in [3.63, 3.8) is 0 Å². The van der Waals surface area contributed by atoms with Crippen LogP contribution in [0.2, 0.25) is 0 Å². The molecule has 3 heteroatoms. The molecule has 20 heavy (non-hydrogen) atoms. The standard InChI is InChI=1S/C17H23NOS/c1-2-9-18-17(13-7-10-19-11-8-13)16-12-14-5-3-4-6-15(14)20-16/h3-6,12-13,17-18H,2,7-11H2,1H3. The summed E-state index contributed by atoms with van der Waals surface area (Å²) in [5.74, 6) is 0.711. The van der Waals surface area contributed by atoms with Gasteiger partial charge in [0.2, 0.25) is 0 Å². The van der Waals surface area contributed by atoms with Crippen LogP contribution in [0.3, 0.4) is 0 Å². The van der Waals surface area contributed by atoms with E-state index in [2.05, 4.69) is 42.6 Å². The number of nitrogens with one attached hydrogen (secondary N) is 1. The summed E-state index contributed by atoms with van der Waals surface area (Å²) >= 11 is 1.95. The first-order valence-electron chi connectivity index (χ1n) is 7.68. The van der Waals surface area contributed by atoms with E-state index < -0.39 is 0 Å². The Balaban J connectivity index is 1.86. The number of hydrogen-bond acceptors (Lipinski definition) is 3. The largest absolute Gasteiger partial charge is 0.381 e. The van der Waals surface area contributed by atoms with Gasteiger partial charge in [-0.25, -0.2) is 0 Å². The van der Waals surface area contributed by atoms with Crippen molar-refractivity contribution in [1.82, 2.24) is 5.32 Å². The van der Waals surface area contributed by atoms with Gasteiger partial charge in [0.1, 0.15) is 0 Å². The second-order valence-corrected chi connectivity index (χ2v) is 6.68. The van der Waals surface area contributed by atoms with Gasteiger partial charge in [0, 0.05) is 28.8 Å². The topological polar surface area (TPSA) is 21.3 Å². The van der Waals surface area contributed by atoms with Crippen molar-refractivity contribution in [3.8, 4) is 0 Å². The van der Waals surface area contributed by atoms with Crippen LogP contribution >= 0.6 is 11.3 Å². The Hall–Kier alpha value is -0.900. The van der Waals surface area contributed by atoms with Crippen molar-refractivity contribution >= 4 is 21.4 Å². The van der Waals surface area contributed by atoms with Crippen LogP contribution in [-0.4, -0.2) is 19.8 Å². The molecule has 0 aliphatic carbocycles. The van der Waals surface area contributed by atoms with Crippen molar-refractivity contribution in [2.24, 2.45) is 5.92 Å². The highest BCUT2D eigenvalue weighted by Crippen LogP contribution is 2.36. The second-order valence-electron chi connectivity index (χ2n) is 5.57. The second kappa shape index (κ2) is 6.70. The zero-order valence-corrected chi connectivity index (χ0v) is 12.9. The van der Waals surface area contributed by atoms with E-state index >= 15 is 0 Å². The highest BCUT2D eigenvalue weighted by Gasteiger charge is 2.26. The maximum Gasteiger partial charge on any atom is 0.0469 e. The number of ether oxygens (including phenoxy) is 1. The van der Waals surface area contributed by atoms with E-state index in [1.807, 2.05) is 11.3 Å². The lowest BCUT2D eigenvalue weighted by atomic mass is 9.90. The van der Waals surface area contributed by atoms with Crippen LogP contribution in [0.5, 0.6) is 0 Å². The van der Waals surface area contributed by atoms with Crippen LogP contribution in [0.15, 0.2) is 30.3 Å².